The van der Waals surface area contributed by atoms with Crippen LogP contribution < -0.4 is 10.6 Å². The Balaban J connectivity index is 1.29. The van der Waals surface area contributed by atoms with E-state index in [1.807, 2.05) is 21.8 Å². The molecule has 0 bridgehead atoms. The quantitative estimate of drug-likeness (QED) is 0.569. The van der Waals surface area contributed by atoms with Gasteiger partial charge in [-0.25, -0.2) is 0 Å². The molecule has 30 heavy (non-hydrogen) atoms. The zero-order valence-corrected chi connectivity index (χ0v) is 17.8. The van der Waals surface area contributed by atoms with Crippen LogP contribution in [-0.4, -0.2) is 52.7 Å². The van der Waals surface area contributed by atoms with Crippen LogP contribution in [0, 0.1) is 5.92 Å². The highest BCUT2D eigenvalue weighted by molar-refractivity contribution is 5.81. The van der Waals surface area contributed by atoms with Gasteiger partial charge in [-0.15, -0.1) is 0 Å². The summed E-state index contributed by atoms with van der Waals surface area (Å²) < 4.78 is 1.93. The van der Waals surface area contributed by atoms with Gasteiger partial charge in [0.15, 0.2) is 5.96 Å². The molecular formula is C23H32N6O. The lowest BCUT2D eigenvalue weighted by Gasteiger charge is -2.21. The Morgan fingerprint density at radius 1 is 1.17 bits per heavy atom. The van der Waals surface area contributed by atoms with Crippen molar-refractivity contribution in [1.29, 1.82) is 0 Å². The van der Waals surface area contributed by atoms with Gasteiger partial charge in [0.1, 0.15) is 0 Å². The maximum Gasteiger partial charge on any atom is 0.225 e. The zero-order valence-electron chi connectivity index (χ0n) is 17.8. The van der Waals surface area contributed by atoms with Crippen molar-refractivity contribution in [2.75, 3.05) is 20.1 Å². The highest BCUT2D eigenvalue weighted by atomic mass is 16.2. The Labute approximate surface area is 178 Å². The highest BCUT2D eigenvalue weighted by Gasteiger charge is 2.32. The second-order valence-corrected chi connectivity index (χ2v) is 8.29. The van der Waals surface area contributed by atoms with Crippen LogP contribution >= 0.6 is 0 Å². The molecule has 1 aromatic heterocycles. The number of rotatable bonds is 6. The van der Waals surface area contributed by atoms with Crippen LogP contribution in [0.2, 0.25) is 0 Å². The molecule has 7 nitrogen and oxygen atoms in total. The number of amides is 1. The van der Waals surface area contributed by atoms with Crippen LogP contribution in [0.15, 0.2) is 47.7 Å². The third-order valence-corrected chi connectivity index (χ3v) is 6.22. The Hall–Kier alpha value is -2.83. The lowest BCUT2D eigenvalue weighted by atomic mass is 10.1. The molecule has 2 fully saturated rings. The monoisotopic (exact) mass is 408 g/mol. The Morgan fingerprint density at radius 3 is 2.70 bits per heavy atom. The fourth-order valence-corrected chi connectivity index (χ4v) is 4.53. The van der Waals surface area contributed by atoms with Gasteiger partial charge < -0.3 is 15.5 Å². The molecule has 1 aromatic carbocycles. The second-order valence-electron chi connectivity index (χ2n) is 8.29. The van der Waals surface area contributed by atoms with Crippen molar-refractivity contribution >= 4 is 11.9 Å². The van der Waals surface area contributed by atoms with Gasteiger partial charge in [-0.05, 0) is 36.5 Å². The molecule has 2 aliphatic rings. The molecule has 0 radical (unpaired) electrons. The summed E-state index contributed by atoms with van der Waals surface area (Å²) in [7, 11) is 1.79. The first kappa shape index (κ1) is 20.4. The first-order valence-electron chi connectivity index (χ1n) is 11.0. The molecule has 1 atom stereocenters. The zero-order chi connectivity index (χ0) is 20.8. The number of carbonyl (C=O) groups excluding carboxylic acids is 1. The molecule has 2 N–H and O–H groups in total. The molecule has 1 amide bonds. The molecule has 160 valence electrons. The summed E-state index contributed by atoms with van der Waals surface area (Å²) in [5, 5.41) is 11.3. The summed E-state index contributed by atoms with van der Waals surface area (Å²) in [6, 6.07) is 10.6. The maximum atomic E-state index is 12.7. The van der Waals surface area contributed by atoms with Crippen LogP contribution in [0.4, 0.5) is 0 Å². The molecule has 2 heterocycles. The van der Waals surface area contributed by atoms with E-state index in [9.17, 15) is 4.79 Å². The number of likely N-dealkylation sites (tertiary alicyclic amines) is 1. The van der Waals surface area contributed by atoms with E-state index in [2.05, 4.69) is 45.0 Å². The highest BCUT2D eigenvalue weighted by Crippen LogP contribution is 2.27. The average Bonchev–Trinajstić information content (AvgIpc) is 3.54. The molecule has 1 saturated carbocycles. The summed E-state index contributed by atoms with van der Waals surface area (Å²) in [5.74, 6) is 1.39. The predicted octanol–water partition coefficient (Wildman–Crippen LogP) is 2.39. The molecule has 4 rings (SSSR count). The lowest BCUT2D eigenvalue weighted by molar-refractivity contribution is -0.134. The SMILES string of the molecule is CN=C(NCc1ccccc1Cn1cccn1)NC1CCN(C(=O)C2CCCC2)C1. The summed E-state index contributed by atoms with van der Waals surface area (Å²) in [6.45, 7) is 3.05. The van der Waals surface area contributed by atoms with E-state index >= 15 is 0 Å². The van der Waals surface area contributed by atoms with Gasteiger partial charge in [0.25, 0.3) is 0 Å². The Kier molecular flexibility index (Phi) is 6.67. The van der Waals surface area contributed by atoms with Gasteiger partial charge in [0.2, 0.25) is 5.91 Å². The van der Waals surface area contributed by atoms with E-state index in [1.54, 1.807) is 13.2 Å². The normalized spacial score (nSPS) is 20.0. The predicted molar refractivity (Wildman–Crippen MR) is 118 cm³/mol. The van der Waals surface area contributed by atoms with Crippen molar-refractivity contribution in [3.8, 4) is 0 Å². The van der Waals surface area contributed by atoms with Crippen LogP contribution in [0.5, 0.6) is 0 Å². The maximum absolute atomic E-state index is 12.7. The Morgan fingerprint density at radius 2 is 1.97 bits per heavy atom. The molecule has 0 spiro atoms. The minimum Gasteiger partial charge on any atom is -0.352 e. The third kappa shape index (κ3) is 5.01. The van der Waals surface area contributed by atoms with Crippen LogP contribution in [0.1, 0.15) is 43.2 Å². The standard InChI is InChI=1S/C23H32N6O/c1-24-23(27-21-11-14-28(17-21)22(30)18-7-2-3-8-18)25-15-19-9-4-5-10-20(19)16-29-13-6-12-26-29/h4-6,9-10,12-13,18,21H,2-3,7-8,11,14-17H2,1H3,(H2,24,25,27). The van der Waals surface area contributed by atoms with Gasteiger partial charge >= 0.3 is 0 Å². The number of carbonyl (C=O) groups is 1. The lowest BCUT2D eigenvalue weighted by Crippen LogP contribution is -2.45. The van der Waals surface area contributed by atoms with Crippen LogP contribution in [-0.2, 0) is 17.9 Å². The third-order valence-electron chi connectivity index (χ3n) is 6.22. The number of hydrogen-bond acceptors (Lipinski definition) is 3. The van der Waals surface area contributed by atoms with Crippen molar-refractivity contribution in [1.82, 2.24) is 25.3 Å². The van der Waals surface area contributed by atoms with Gasteiger partial charge in [0, 0.05) is 51.0 Å². The van der Waals surface area contributed by atoms with E-state index < -0.39 is 0 Å². The number of benzene rings is 1. The van der Waals surface area contributed by atoms with Crippen LogP contribution in [0.3, 0.4) is 0 Å². The summed E-state index contributed by atoms with van der Waals surface area (Å²) >= 11 is 0. The second kappa shape index (κ2) is 9.78. The van der Waals surface area contributed by atoms with E-state index in [4.69, 9.17) is 0 Å². The molecule has 1 saturated heterocycles. The number of nitrogens with zero attached hydrogens (tertiary/aromatic N) is 4. The van der Waals surface area contributed by atoms with E-state index in [0.717, 1.165) is 44.9 Å². The first-order valence-corrected chi connectivity index (χ1v) is 11.0. The Bertz CT molecular complexity index is 856. The minimum atomic E-state index is 0.251. The van der Waals surface area contributed by atoms with E-state index in [1.165, 1.54) is 24.0 Å². The van der Waals surface area contributed by atoms with Crippen molar-refractivity contribution in [3.05, 3.63) is 53.9 Å². The largest absolute Gasteiger partial charge is 0.352 e. The smallest absolute Gasteiger partial charge is 0.225 e. The minimum absolute atomic E-state index is 0.251. The van der Waals surface area contributed by atoms with E-state index in [-0.39, 0.29) is 12.0 Å². The fraction of sp³-hybridized carbons (Fsp3) is 0.522. The number of guanidine groups is 1. The average molecular weight is 409 g/mol. The summed E-state index contributed by atoms with van der Waals surface area (Å²) in [6.07, 6.45) is 9.27. The number of nitrogens with one attached hydrogen (secondary N) is 2. The van der Waals surface area contributed by atoms with E-state index in [0.29, 0.717) is 12.5 Å². The number of aromatic nitrogens is 2. The molecule has 1 aliphatic heterocycles. The molecule has 2 aromatic rings. The van der Waals surface area contributed by atoms with Gasteiger partial charge in [-0.1, -0.05) is 37.1 Å². The number of aliphatic imine (C=N–C) groups is 1. The summed E-state index contributed by atoms with van der Waals surface area (Å²) in [5.41, 5.74) is 2.46. The van der Waals surface area contributed by atoms with Gasteiger partial charge in [-0.2, -0.15) is 5.10 Å². The number of hydrogen-bond donors (Lipinski definition) is 2. The van der Waals surface area contributed by atoms with Crippen molar-refractivity contribution < 1.29 is 4.79 Å². The van der Waals surface area contributed by atoms with Gasteiger partial charge in [0.05, 0.1) is 6.54 Å². The molecular weight excluding hydrogens is 376 g/mol. The van der Waals surface area contributed by atoms with Crippen molar-refractivity contribution in [3.63, 3.8) is 0 Å². The molecule has 7 heteroatoms. The van der Waals surface area contributed by atoms with Gasteiger partial charge in [-0.3, -0.25) is 14.5 Å². The summed E-state index contributed by atoms with van der Waals surface area (Å²) in [4.78, 5) is 19.1. The van der Waals surface area contributed by atoms with Crippen molar-refractivity contribution in [2.45, 2.75) is 51.2 Å². The first-order chi connectivity index (χ1) is 14.7. The molecule has 1 aliphatic carbocycles. The topological polar surface area (TPSA) is 74.6 Å². The van der Waals surface area contributed by atoms with Crippen molar-refractivity contribution in [2.24, 2.45) is 10.9 Å². The molecule has 1 unspecified atom stereocenters. The van der Waals surface area contributed by atoms with Crippen LogP contribution in [0.25, 0.3) is 0 Å². The fourth-order valence-electron chi connectivity index (χ4n) is 4.53.